The number of nitrogens with zero attached hydrogens (tertiary/aromatic N) is 1. The maximum Gasteiger partial charge on any atom is 0.459 e. The molecule has 1 aromatic carbocycles. The standard InChI is InChI=1S/C21H27BrN3O9P/c1-12(2)32-20(27)14(4)24-35(29,34-16-7-5-15(22)6-8-16)31-11-18-30-10-17(33-18)25-9-13(3)19(26)23-21(25)28/h5-9,12,14,17-18H,10-11H2,1-4H3,(H,24,29)(H,23,26,28)/t14?,17-,18-,35?/m1/s1. The van der Waals surface area contributed by atoms with Crippen molar-refractivity contribution < 1.29 is 32.6 Å². The Labute approximate surface area is 209 Å². The van der Waals surface area contributed by atoms with Crippen molar-refractivity contribution in [3.8, 4) is 5.75 Å². The van der Waals surface area contributed by atoms with Gasteiger partial charge in [0.05, 0.1) is 12.7 Å². The number of ether oxygens (including phenoxy) is 3. The Balaban J connectivity index is 1.70. The molecule has 2 unspecified atom stereocenters. The Bertz CT molecular complexity index is 1200. The van der Waals surface area contributed by atoms with Gasteiger partial charge < -0.3 is 18.7 Å². The molecular formula is C21H27BrN3O9P. The van der Waals surface area contributed by atoms with Gasteiger partial charge in [-0.2, -0.15) is 5.09 Å². The average Bonchev–Trinajstić information content (AvgIpc) is 3.25. The molecule has 0 spiro atoms. The van der Waals surface area contributed by atoms with Crippen molar-refractivity contribution in [2.24, 2.45) is 0 Å². The molecule has 192 valence electrons. The predicted molar refractivity (Wildman–Crippen MR) is 128 cm³/mol. The normalized spacial score (nSPS) is 20.4. The number of hydrogen-bond acceptors (Lipinski definition) is 9. The summed E-state index contributed by atoms with van der Waals surface area (Å²) in [5, 5.41) is 2.57. The van der Waals surface area contributed by atoms with Gasteiger partial charge in [0.15, 0.2) is 12.5 Å². The van der Waals surface area contributed by atoms with Crippen molar-refractivity contribution in [3.63, 3.8) is 0 Å². The molecule has 0 saturated carbocycles. The number of aryl methyl sites for hydroxylation is 1. The molecule has 2 aromatic rings. The molecule has 1 aliphatic rings. The molecule has 12 nitrogen and oxygen atoms in total. The third-order valence-corrected chi connectivity index (χ3v) is 6.84. The number of carbonyl (C=O) groups is 1. The molecule has 2 heterocycles. The SMILES string of the molecule is Cc1cn([C@H]2CO[C@@H](COP(=O)(NC(C)C(=O)OC(C)C)Oc3ccc(Br)cc3)O2)c(=O)[nH]c1=O. The van der Waals surface area contributed by atoms with Crippen LogP contribution >= 0.6 is 23.7 Å². The number of aromatic amines is 1. The number of rotatable bonds is 10. The van der Waals surface area contributed by atoms with Gasteiger partial charge in [-0.1, -0.05) is 15.9 Å². The van der Waals surface area contributed by atoms with Crippen molar-refractivity contribution in [1.82, 2.24) is 14.6 Å². The van der Waals surface area contributed by atoms with Crippen LogP contribution in [0.3, 0.4) is 0 Å². The van der Waals surface area contributed by atoms with Gasteiger partial charge in [-0.15, -0.1) is 0 Å². The zero-order valence-electron chi connectivity index (χ0n) is 19.6. The molecule has 0 aliphatic carbocycles. The first-order chi connectivity index (χ1) is 16.5. The van der Waals surface area contributed by atoms with Crippen LogP contribution in [-0.4, -0.2) is 47.2 Å². The quantitative estimate of drug-likeness (QED) is 0.320. The van der Waals surface area contributed by atoms with E-state index in [2.05, 4.69) is 26.0 Å². The van der Waals surface area contributed by atoms with Crippen LogP contribution in [0.5, 0.6) is 5.75 Å². The highest BCUT2D eigenvalue weighted by molar-refractivity contribution is 9.10. The van der Waals surface area contributed by atoms with Crippen LogP contribution in [0.1, 0.15) is 32.6 Å². The third kappa shape index (κ3) is 7.60. The second-order valence-corrected chi connectivity index (χ2v) is 10.6. The number of benzene rings is 1. The van der Waals surface area contributed by atoms with Gasteiger partial charge in [-0.25, -0.2) is 9.36 Å². The molecule has 0 amide bonds. The van der Waals surface area contributed by atoms with Gasteiger partial charge in [-0.3, -0.25) is 23.7 Å². The summed E-state index contributed by atoms with van der Waals surface area (Å²) in [5.41, 5.74) is -0.821. The van der Waals surface area contributed by atoms with Gasteiger partial charge in [0.25, 0.3) is 5.56 Å². The number of hydrogen-bond donors (Lipinski definition) is 2. The van der Waals surface area contributed by atoms with Crippen LogP contribution in [-0.2, 0) is 28.1 Å². The topological polar surface area (TPSA) is 147 Å². The van der Waals surface area contributed by atoms with Crippen molar-refractivity contribution in [2.75, 3.05) is 13.2 Å². The second kappa shape index (κ2) is 11.6. The van der Waals surface area contributed by atoms with E-state index in [1.807, 2.05) is 0 Å². The summed E-state index contributed by atoms with van der Waals surface area (Å²) in [6, 6.07) is 5.51. The van der Waals surface area contributed by atoms with Gasteiger partial charge >= 0.3 is 19.4 Å². The van der Waals surface area contributed by atoms with Crippen molar-refractivity contribution in [3.05, 3.63) is 61.3 Å². The van der Waals surface area contributed by atoms with Gasteiger partial charge in [0.1, 0.15) is 18.4 Å². The number of carbonyl (C=O) groups excluding carboxylic acids is 1. The predicted octanol–water partition coefficient (Wildman–Crippen LogP) is 2.61. The largest absolute Gasteiger partial charge is 0.462 e. The van der Waals surface area contributed by atoms with Crippen LogP contribution < -0.4 is 20.9 Å². The van der Waals surface area contributed by atoms with Crippen LogP contribution in [0.2, 0.25) is 0 Å². The van der Waals surface area contributed by atoms with Gasteiger partial charge in [0.2, 0.25) is 0 Å². The fraction of sp³-hybridized carbons (Fsp3) is 0.476. The summed E-state index contributed by atoms with van der Waals surface area (Å²) in [4.78, 5) is 38.1. The highest BCUT2D eigenvalue weighted by Gasteiger charge is 2.36. The highest BCUT2D eigenvalue weighted by atomic mass is 79.9. The molecule has 35 heavy (non-hydrogen) atoms. The average molecular weight is 576 g/mol. The van der Waals surface area contributed by atoms with Crippen LogP contribution in [0.15, 0.2) is 44.5 Å². The molecule has 14 heteroatoms. The van der Waals surface area contributed by atoms with Gasteiger partial charge in [-0.05, 0) is 52.0 Å². The van der Waals surface area contributed by atoms with Crippen LogP contribution in [0.25, 0.3) is 0 Å². The van der Waals surface area contributed by atoms with Crippen molar-refractivity contribution in [2.45, 2.75) is 52.4 Å². The molecule has 1 aromatic heterocycles. The summed E-state index contributed by atoms with van der Waals surface area (Å²) in [5.74, 6) is -0.403. The van der Waals surface area contributed by atoms with E-state index in [4.69, 9.17) is 23.3 Å². The minimum Gasteiger partial charge on any atom is -0.462 e. The highest BCUT2D eigenvalue weighted by Crippen LogP contribution is 2.45. The lowest BCUT2D eigenvalue weighted by molar-refractivity contribution is -0.149. The Hall–Kier alpha value is -2.28. The Kier molecular flexibility index (Phi) is 9.08. The van der Waals surface area contributed by atoms with Crippen molar-refractivity contribution in [1.29, 1.82) is 0 Å². The fourth-order valence-corrected chi connectivity index (χ4v) is 4.73. The molecule has 0 bridgehead atoms. The lowest BCUT2D eigenvalue weighted by Crippen LogP contribution is -2.37. The zero-order chi connectivity index (χ0) is 25.8. The smallest absolute Gasteiger partial charge is 0.459 e. The molecule has 1 saturated heterocycles. The Morgan fingerprint density at radius 2 is 1.97 bits per heavy atom. The number of H-pyrrole nitrogens is 1. The number of esters is 1. The number of halogens is 1. The van der Waals surface area contributed by atoms with E-state index in [0.717, 1.165) is 4.47 Å². The zero-order valence-corrected chi connectivity index (χ0v) is 22.0. The summed E-state index contributed by atoms with van der Waals surface area (Å²) in [7, 11) is -4.12. The van der Waals surface area contributed by atoms with Crippen LogP contribution in [0, 0.1) is 6.92 Å². The van der Waals surface area contributed by atoms with E-state index in [-0.39, 0.29) is 25.1 Å². The van der Waals surface area contributed by atoms with E-state index < -0.39 is 43.5 Å². The molecule has 2 N–H and O–H groups in total. The summed E-state index contributed by atoms with van der Waals surface area (Å²) >= 11 is 3.31. The molecule has 0 radical (unpaired) electrons. The Morgan fingerprint density at radius 1 is 1.29 bits per heavy atom. The summed E-state index contributed by atoms with van der Waals surface area (Å²) in [6.07, 6.45) is -0.826. The molecule has 1 aliphatic heterocycles. The van der Waals surface area contributed by atoms with Gasteiger partial charge in [0, 0.05) is 16.2 Å². The maximum atomic E-state index is 13.5. The summed E-state index contributed by atoms with van der Waals surface area (Å²) < 4.78 is 43.0. The maximum absolute atomic E-state index is 13.5. The summed E-state index contributed by atoms with van der Waals surface area (Å²) in [6.45, 7) is 6.05. The monoisotopic (exact) mass is 575 g/mol. The lowest BCUT2D eigenvalue weighted by atomic mass is 10.3. The first-order valence-electron chi connectivity index (χ1n) is 10.7. The minimum absolute atomic E-state index is 0.0121. The molecule has 3 rings (SSSR count). The van der Waals surface area contributed by atoms with Crippen molar-refractivity contribution >= 4 is 29.6 Å². The molecular weight excluding hydrogens is 549 g/mol. The van der Waals surface area contributed by atoms with Crippen LogP contribution in [0.4, 0.5) is 0 Å². The second-order valence-electron chi connectivity index (χ2n) is 8.01. The van der Waals surface area contributed by atoms with E-state index in [9.17, 15) is 18.9 Å². The lowest BCUT2D eigenvalue weighted by Gasteiger charge is -2.24. The minimum atomic E-state index is -4.12. The van der Waals surface area contributed by atoms with E-state index in [0.29, 0.717) is 5.56 Å². The Morgan fingerprint density at radius 3 is 2.63 bits per heavy atom. The molecule has 1 fully saturated rings. The third-order valence-electron chi connectivity index (χ3n) is 4.67. The van der Waals surface area contributed by atoms with E-state index >= 15 is 0 Å². The van der Waals surface area contributed by atoms with E-state index in [1.54, 1.807) is 45.0 Å². The van der Waals surface area contributed by atoms with E-state index in [1.165, 1.54) is 17.7 Å². The fourth-order valence-electron chi connectivity index (χ4n) is 2.98. The first-order valence-corrected chi connectivity index (χ1v) is 13.1. The number of nitrogens with one attached hydrogen (secondary N) is 2. The first kappa shape index (κ1) is 27.3. The number of aromatic nitrogens is 2. The molecule has 4 atom stereocenters.